The third-order valence-electron chi connectivity index (χ3n) is 1.11. The molecule has 0 radical (unpaired) electrons. The molecule has 0 bridgehead atoms. The minimum absolute atomic E-state index is 0.286. The van der Waals surface area contributed by atoms with Gasteiger partial charge < -0.3 is 5.32 Å². The highest BCUT2D eigenvalue weighted by Gasteiger charge is 2.06. The molecule has 0 unspecified atom stereocenters. The Morgan fingerprint density at radius 1 is 1.30 bits per heavy atom. The van der Waals surface area contributed by atoms with Gasteiger partial charge in [0.05, 0.1) is 0 Å². The maximum absolute atomic E-state index is 3.44. The van der Waals surface area contributed by atoms with E-state index in [4.69, 9.17) is 0 Å². The van der Waals surface area contributed by atoms with E-state index in [1.807, 2.05) is 11.8 Å². The van der Waals surface area contributed by atoms with Crippen LogP contribution in [-0.4, -0.2) is 23.6 Å². The normalized spacial score (nSPS) is 12.0. The van der Waals surface area contributed by atoms with Crippen molar-refractivity contribution in [3.63, 3.8) is 0 Å². The van der Waals surface area contributed by atoms with Crippen LogP contribution in [0.5, 0.6) is 0 Å². The summed E-state index contributed by atoms with van der Waals surface area (Å²) in [4.78, 5) is 0. The van der Waals surface area contributed by atoms with Crippen LogP contribution in [0.2, 0.25) is 0 Å². The smallest absolute Gasteiger partial charge is 0.00968 e. The van der Waals surface area contributed by atoms with Gasteiger partial charge in [-0.15, -0.1) is 0 Å². The highest BCUT2D eigenvalue weighted by atomic mass is 32.2. The number of nitrogens with one attached hydrogen (secondary N) is 1. The largest absolute Gasteiger partial charge is 0.311 e. The van der Waals surface area contributed by atoms with E-state index in [1.165, 1.54) is 11.5 Å². The molecule has 0 fully saturated rings. The van der Waals surface area contributed by atoms with E-state index in [2.05, 4.69) is 33.0 Å². The molecule has 0 heterocycles. The van der Waals surface area contributed by atoms with Crippen LogP contribution >= 0.6 is 11.8 Å². The van der Waals surface area contributed by atoms with Crippen molar-refractivity contribution in [2.75, 3.05) is 18.1 Å². The van der Waals surface area contributed by atoms with Crippen LogP contribution in [0, 0.1) is 0 Å². The molecule has 0 atom stereocenters. The average Bonchev–Trinajstić information content (AvgIpc) is 1.78. The zero-order valence-electron chi connectivity index (χ0n) is 7.53. The third-order valence-corrected chi connectivity index (χ3v) is 2.01. The van der Waals surface area contributed by atoms with Gasteiger partial charge in [-0.25, -0.2) is 0 Å². The molecule has 0 amide bonds. The lowest BCUT2D eigenvalue weighted by atomic mass is 10.1. The summed E-state index contributed by atoms with van der Waals surface area (Å²) in [5.41, 5.74) is 0.286. The van der Waals surface area contributed by atoms with Crippen molar-refractivity contribution in [3.05, 3.63) is 0 Å². The lowest BCUT2D eigenvalue weighted by molar-refractivity contribution is 0.441. The summed E-state index contributed by atoms with van der Waals surface area (Å²) < 4.78 is 0. The lowest BCUT2D eigenvalue weighted by Gasteiger charge is -2.19. The van der Waals surface area contributed by atoms with Gasteiger partial charge >= 0.3 is 0 Å². The quantitative estimate of drug-likeness (QED) is 0.634. The van der Waals surface area contributed by atoms with E-state index < -0.39 is 0 Å². The summed E-state index contributed by atoms with van der Waals surface area (Å²) in [6.45, 7) is 9.92. The van der Waals surface area contributed by atoms with Crippen molar-refractivity contribution < 1.29 is 0 Å². The van der Waals surface area contributed by atoms with Crippen molar-refractivity contribution in [1.29, 1.82) is 0 Å². The van der Waals surface area contributed by atoms with E-state index in [9.17, 15) is 0 Å². The maximum atomic E-state index is 3.44. The molecule has 0 aromatic rings. The molecule has 2 heteroatoms. The molecular formula is C8H19NS. The van der Waals surface area contributed by atoms with Gasteiger partial charge in [0.1, 0.15) is 0 Å². The number of rotatable bonds is 4. The predicted octanol–water partition coefficient (Wildman–Crippen LogP) is 2.13. The highest BCUT2D eigenvalue weighted by Crippen LogP contribution is 2.00. The summed E-state index contributed by atoms with van der Waals surface area (Å²) in [5.74, 6) is 2.46. The monoisotopic (exact) mass is 161 g/mol. The first-order valence-electron chi connectivity index (χ1n) is 3.89. The molecule has 0 aromatic heterocycles. The summed E-state index contributed by atoms with van der Waals surface area (Å²) in [7, 11) is 0. The van der Waals surface area contributed by atoms with Crippen LogP contribution in [0.3, 0.4) is 0 Å². The van der Waals surface area contributed by atoms with Gasteiger partial charge in [-0.3, -0.25) is 0 Å². The van der Waals surface area contributed by atoms with Crippen molar-refractivity contribution >= 4 is 11.8 Å². The highest BCUT2D eigenvalue weighted by molar-refractivity contribution is 7.99. The fourth-order valence-electron chi connectivity index (χ4n) is 0.643. The van der Waals surface area contributed by atoms with Crippen molar-refractivity contribution in [1.82, 2.24) is 5.32 Å². The predicted molar refractivity (Wildman–Crippen MR) is 50.8 cm³/mol. The number of hydrogen-bond donors (Lipinski definition) is 1. The molecule has 1 N–H and O–H groups in total. The molecule has 1 nitrogen and oxygen atoms in total. The third kappa shape index (κ3) is 8.31. The number of hydrogen-bond acceptors (Lipinski definition) is 2. The summed E-state index contributed by atoms with van der Waals surface area (Å²) >= 11 is 1.99. The molecule has 0 aliphatic rings. The first kappa shape index (κ1) is 10.3. The Balaban J connectivity index is 3.04. The topological polar surface area (TPSA) is 12.0 Å². The Kier molecular flexibility index (Phi) is 5.18. The van der Waals surface area contributed by atoms with Crippen LogP contribution in [0.25, 0.3) is 0 Å². The van der Waals surface area contributed by atoms with Crippen molar-refractivity contribution in [2.24, 2.45) is 0 Å². The van der Waals surface area contributed by atoms with Gasteiger partial charge in [0.25, 0.3) is 0 Å². The van der Waals surface area contributed by atoms with E-state index >= 15 is 0 Å². The van der Waals surface area contributed by atoms with Crippen molar-refractivity contribution in [3.8, 4) is 0 Å². The second-order valence-electron chi connectivity index (χ2n) is 3.37. The van der Waals surface area contributed by atoms with E-state index in [0.717, 1.165) is 6.54 Å². The van der Waals surface area contributed by atoms with E-state index in [1.54, 1.807) is 0 Å². The van der Waals surface area contributed by atoms with E-state index in [0.29, 0.717) is 0 Å². The van der Waals surface area contributed by atoms with E-state index in [-0.39, 0.29) is 5.54 Å². The zero-order chi connectivity index (χ0) is 8.04. The SMILES string of the molecule is CCSCCNC(C)(C)C. The van der Waals surface area contributed by atoms with Crippen LogP contribution in [0.1, 0.15) is 27.7 Å². The Morgan fingerprint density at radius 2 is 1.90 bits per heavy atom. The lowest BCUT2D eigenvalue weighted by Crippen LogP contribution is -2.37. The zero-order valence-corrected chi connectivity index (χ0v) is 8.35. The molecule has 0 spiro atoms. The molecule has 0 rings (SSSR count). The molecule has 0 aliphatic heterocycles. The van der Waals surface area contributed by atoms with Crippen LogP contribution in [-0.2, 0) is 0 Å². The molecule has 0 aliphatic carbocycles. The molecule has 0 aromatic carbocycles. The van der Waals surface area contributed by atoms with Gasteiger partial charge in [0.15, 0.2) is 0 Å². The molecular weight excluding hydrogens is 142 g/mol. The van der Waals surface area contributed by atoms with Crippen molar-refractivity contribution in [2.45, 2.75) is 33.2 Å². The van der Waals surface area contributed by atoms with Gasteiger partial charge in [0, 0.05) is 17.8 Å². The van der Waals surface area contributed by atoms with Crippen LogP contribution < -0.4 is 5.32 Å². The summed E-state index contributed by atoms with van der Waals surface area (Å²) in [5, 5.41) is 3.44. The summed E-state index contributed by atoms with van der Waals surface area (Å²) in [6.07, 6.45) is 0. The fraction of sp³-hybridized carbons (Fsp3) is 1.00. The molecule has 62 valence electrons. The van der Waals surface area contributed by atoms with Crippen LogP contribution in [0.4, 0.5) is 0 Å². The molecule has 0 saturated heterocycles. The standard InChI is InChI=1S/C8H19NS/c1-5-10-7-6-9-8(2,3)4/h9H,5-7H2,1-4H3. The first-order chi connectivity index (χ1) is 4.56. The minimum Gasteiger partial charge on any atom is -0.311 e. The Hall–Kier alpha value is 0.310. The van der Waals surface area contributed by atoms with Gasteiger partial charge in [-0.2, -0.15) is 11.8 Å². The summed E-state index contributed by atoms with van der Waals surface area (Å²) in [6, 6.07) is 0. The second-order valence-corrected chi connectivity index (χ2v) is 4.77. The Morgan fingerprint density at radius 3 is 2.30 bits per heavy atom. The maximum Gasteiger partial charge on any atom is 0.00968 e. The molecule has 0 saturated carbocycles. The average molecular weight is 161 g/mol. The van der Waals surface area contributed by atoms with Crippen LogP contribution in [0.15, 0.2) is 0 Å². The van der Waals surface area contributed by atoms with Gasteiger partial charge in [0.2, 0.25) is 0 Å². The van der Waals surface area contributed by atoms with Gasteiger partial charge in [-0.1, -0.05) is 6.92 Å². The second kappa shape index (κ2) is 5.03. The Labute approximate surface area is 69.0 Å². The first-order valence-corrected chi connectivity index (χ1v) is 5.04. The minimum atomic E-state index is 0.286. The number of thioether (sulfide) groups is 1. The fourth-order valence-corrected chi connectivity index (χ4v) is 1.18. The molecule has 10 heavy (non-hydrogen) atoms. The van der Waals surface area contributed by atoms with Gasteiger partial charge in [-0.05, 0) is 26.5 Å². The Bertz CT molecular complexity index is 75.8.